The molecule has 0 radical (unpaired) electrons. The molecule has 0 unspecified atom stereocenters. The van der Waals surface area contributed by atoms with Crippen molar-refractivity contribution >= 4 is 16.8 Å². The van der Waals surface area contributed by atoms with Crippen molar-refractivity contribution in [3.63, 3.8) is 0 Å². The van der Waals surface area contributed by atoms with Gasteiger partial charge in [0, 0.05) is 0 Å². The highest BCUT2D eigenvalue weighted by Crippen LogP contribution is 2.28. The average molecular weight is 236 g/mol. The first kappa shape index (κ1) is 11.5. The highest BCUT2D eigenvalue weighted by atomic mass is 14.2. The molecule has 0 aliphatic heterocycles. The van der Waals surface area contributed by atoms with Gasteiger partial charge >= 0.3 is 0 Å². The molecule has 92 valence electrons. The van der Waals surface area contributed by atoms with Crippen LogP contribution in [0.5, 0.6) is 0 Å². The molecule has 0 spiro atoms. The van der Waals surface area contributed by atoms with Crippen LogP contribution in [0.25, 0.3) is 16.8 Å². The zero-order valence-electron chi connectivity index (χ0n) is 10.8. The Balaban J connectivity index is 1.71. The summed E-state index contributed by atoms with van der Waals surface area (Å²) in [7, 11) is 0. The Hall–Kier alpha value is -1.56. The van der Waals surface area contributed by atoms with Crippen LogP contribution in [0.1, 0.15) is 37.7 Å². The second-order valence-corrected chi connectivity index (χ2v) is 5.40. The summed E-state index contributed by atoms with van der Waals surface area (Å²) in [5, 5.41) is 2.66. The Morgan fingerprint density at radius 2 is 1.72 bits per heavy atom. The Labute approximate surface area is 109 Å². The number of hydrogen-bond donors (Lipinski definition) is 0. The monoisotopic (exact) mass is 236 g/mol. The molecule has 0 nitrogen and oxygen atoms in total. The topological polar surface area (TPSA) is 0 Å². The summed E-state index contributed by atoms with van der Waals surface area (Å²) in [6.45, 7) is 0. The van der Waals surface area contributed by atoms with E-state index in [-0.39, 0.29) is 0 Å². The van der Waals surface area contributed by atoms with E-state index in [0.717, 1.165) is 5.92 Å². The quantitative estimate of drug-likeness (QED) is 0.666. The molecule has 1 aliphatic carbocycles. The second-order valence-electron chi connectivity index (χ2n) is 5.40. The molecule has 0 saturated heterocycles. The molecular weight excluding hydrogens is 216 g/mol. The Bertz CT molecular complexity index is 545. The fraction of sp³-hybridized carbons (Fsp3) is 0.333. The lowest BCUT2D eigenvalue weighted by molar-refractivity contribution is 0.559. The SMILES string of the molecule is C(=C\c1ccc2ccccc2c1)/CC1CCCC1. The largest absolute Gasteiger partial charge is 0.0837 e. The van der Waals surface area contributed by atoms with Crippen LogP contribution in [0.4, 0.5) is 0 Å². The van der Waals surface area contributed by atoms with E-state index in [0.29, 0.717) is 0 Å². The molecule has 1 aliphatic rings. The molecule has 0 heteroatoms. The van der Waals surface area contributed by atoms with Crippen LogP contribution in [-0.4, -0.2) is 0 Å². The summed E-state index contributed by atoms with van der Waals surface area (Å²) in [6.07, 6.45) is 11.6. The zero-order chi connectivity index (χ0) is 12.2. The van der Waals surface area contributed by atoms with Crippen molar-refractivity contribution in [1.82, 2.24) is 0 Å². The molecule has 0 heterocycles. The third-order valence-corrected chi connectivity index (χ3v) is 4.03. The van der Waals surface area contributed by atoms with Crippen LogP contribution >= 0.6 is 0 Å². The maximum absolute atomic E-state index is 2.36. The van der Waals surface area contributed by atoms with Gasteiger partial charge in [-0.15, -0.1) is 0 Å². The maximum Gasteiger partial charge on any atom is -0.0178 e. The van der Waals surface area contributed by atoms with Crippen LogP contribution in [0.2, 0.25) is 0 Å². The molecular formula is C18H20. The van der Waals surface area contributed by atoms with Crippen LogP contribution < -0.4 is 0 Å². The average Bonchev–Trinajstić information content (AvgIpc) is 2.92. The van der Waals surface area contributed by atoms with E-state index in [2.05, 4.69) is 54.6 Å². The van der Waals surface area contributed by atoms with E-state index in [4.69, 9.17) is 0 Å². The number of benzene rings is 2. The molecule has 18 heavy (non-hydrogen) atoms. The summed E-state index contributed by atoms with van der Waals surface area (Å²) in [4.78, 5) is 0. The molecule has 0 atom stereocenters. The van der Waals surface area contributed by atoms with Crippen molar-refractivity contribution in [2.45, 2.75) is 32.1 Å². The molecule has 2 aromatic carbocycles. The number of rotatable bonds is 3. The fourth-order valence-corrected chi connectivity index (χ4v) is 2.95. The maximum atomic E-state index is 2.36. The van der Waals surface area contributed by atoms with Crippen LogP contribution in [0, 0.1) is 5.92 Å². The Morgan fingerprint density at radius 1 is 0.944 bits per heavy atom. The van der Waals surface area contributed by atoms with Crippen molar-refractivity contribution in [3.8, 4) is 0 Å². The van der Waals surface area contributed by atoms with Gasteiger partial charge in [-0.3, -0.25) is 0 Å². The smallest absolute Gasteiger partial charge is 0.0178 e. The third-order valence-electron chi connectivity index (χ3n) is 4.03. The number of hydrogen-bond acceptors (Lipinski definition) is 0. The first-order chi connectivity index (χ1) is 8.92. The van der Waals surface area contributed by atoms with Crippen molar-refractivity contribution < 1.29 is 0 Å². The lowest BCUT2D eigenvalue weighted by atomic mass is 10.0. The molecule has 0 aromatic heterocycles. The lowest BCUT2D eigenvalue weighted by Crippen LogP contribution is -1.88. The predicted molar refractivity (Wildman–Crippen MR) is 79.6 cm³/mol. The molecule has 0 N–H and O–H groups in total. The summed E-state index contributed by atoms with van der Waals surface area (Å²) in [5.74, 6) is 0.946. The minimum atomic E-state index is 0.946. The Morgan fingerprint density at radius 3 is 2.56 bits per heavy atom. The highest BCUT2D eigenvalue weighted by molar-refractivity contribution is 5.84. The van der Waals surface area contributed by atoms with E-state index >= 15 is 0 Å². The van der Waals surface area contributed by atoms with Crippen molar-refractivity contribution in [2.75, 3.05) is 0 Å². The van der Waals surface area contributed by atoms with E-state index in [9.17, 15) is 0 Å². The number of fused-ring (bicyclic) bond motifs is 1. The van der Waals surface area contributed by atoms with Crippen LogP contribution in [-0.2, 0) is 0 Å². The van der Waals surface area contributed by atoms with E-state index in [1.807, 2.05) is 0 Å². The summed E-state index contributed by atoms with van der Waals surface area (Å²) in [5.41, 5.74) is 1.33. The normalized spacial score (nSPS) is 16.9. The van der Waals surface area contributed by atoms with Gasteiger partial charge < -0.3 is 0 Å². The van der Waals surface area contributed by atoms with Crippen molar-refractivity contribution in [2.24, 2.45) is 5.92 Å². The molecule has 1 saturated carbocycles. The lowest BCUT2D eigenvalue weighted by Gasteiger charge is -2.03. The zero-order valence-corrected chi connectivity index (χ0v) is 10.8. The van der Waals surface area contributed by atoms with Gasteiger partial charge in [-0.05, 0) is 34.7 Å². The highest BCUT2D eigenvalue weighted by Gasteiger charge is 2.12. The van der Waals surface area contributed by atoms with Gasteiger partial charge in [-0.2, -0.15) is 0 Å². The minimum Gasteiger partial charge on any atom is -0.0837 e. The van der Waals surface area contributed by atoms with E-state index in [1.165, 1.54) is 48.4 Å². The summed E-state index contributed by atoms with van der Waals surface area (Å²) < 4.78 is 0. The van der Waals surface area contributed by atoms with Gasteiger partial charge in [-0.1, -0.05) is 74.2 Å². The van der Waals surface area contributed by atoms with Crippen molar-refractivity contribution in [1.29, 1.82) is 0 Å². The van der Waals surface area contributed by atoms with Gasteiger partial charge in [-0.25, -0.2) is 0 Å². The molecule has 0 bridgehead atoms. The first-order valence-corrected chi connectivity index (χ1v) is 7.07. The third kappa shape index (κ3) is 2.64. The molecule has 2 aromatic rings. The summed E-state index contributed by atoms with van der Waals surface area (Å²) >= 11 is 0. The van der Waals surface area contributed by atoms with Gasteiger partial charge in [0.1, 0.15) is 0 Å². The molecule has 1 fully saturated rings. The number of allylic oxidation sites excluding steroid dienone is 1. The van der Waals surface area contributed by atoms with Crippen LogP contribution in [0.3, 0.4) is 0 Å². The van der Waals surface area contributed by atoms with E-state index < -0.39 is 0 Å². The molecule has 0 amide bonds. The van der Waals surface area contributed by atoms with Gasteiger partial charge in [0.05, 0.1) is 0 Å². The standard InChI is InChI=1S/C18H20/c1-2-7-15(6-1)8-5-9-16-12-13-17-10-3-4-11-18(17)14-16/h3-5,9-15H,1-2,6-8H2/b9-5+. The van der Waals surface area contributed by atoms with E-state index in [1.54, 1.807) is 0 Å². The second kappa shape index (κ2) is 5.39. The van der Waals surface area contributed by atoms with Gasteiger partial charge in [0.15, 0.2) is 0 Å². The van der Waals surface area contributed by atoms with Crippen molar-refractivity contribution in [3.05, 3.63) is 54.1 Å². The Kier molecular flexibility index (Phi) is 3.45. The minimum absolute atomic E-state index is 0.946. The fourth-order valence-electron chi connectivity index (χ4n) is 2.95. The van der Waals surface area contributed by atoms with Gasteiger partial charge in [0.25, 0.3) is 0 Å². The van der Waals surface area contributed by atoms with Gasteiger partial charge in [0.2, 0.25) is 0 Å². The van der Waals surface area contributed by atoms with Crippen LogP contribution in [0.15, 0.2) is 48.5 Å². The first-order valence-electron chi connectivity index (χ1n) is 7.07. The summed E-state index contributed by atoms with van der Waals surface area (Å²) in [6, 6.07) is 15.3. The molecule has 3 rings (SSSR count). The predicted octanol–water partition coefficient (Wildman–Crippen LogP) is 5.43.